The maximum Gasteiger partial charge on any atom is 0.211 e. The number of benzene rings is 2. The van der Waals surface area contributed by atoms with Crippen LogP contribution in [-0.2, 0) is 10.0 Å². The quantitative estimate of drug-likeness (QED) is 0.606. The molecule has 1 aliphatic rings. The highest BCUT2D eigenvalue weighted by molar-refractivity contribution is 7.89. The molecule has 4 nitrogen and oxygen atoms in total. The fourth-order valence-electron chi connectivity index (χ4n) is 3.99. The van der Waals surface area contributed by atoms with Crippen molar-refractivity contribution in [1.29, 1.82) is 0 Å². The number of rotatable bonds is 6. The molecule has 1 aliphatic carbocycles. The highest BCUT2D eigenvalue weighted by atomic mass is 32.2. The number of aromatic amines is 1. The van der Waals surface area contributed by atoms with Crippen LogP contribution in [0.1, 0.15) is 31.2 Å². The summed E-state index contributed by atoms with van der Waals surface area (Å²) in [5, 5.41) is 0.472. The van der Waals surface area contributed by atoms with E-state index in [1.54, 1.807) is 19.1 Å². The average Bonchev–Trinajstić information content (AvgIpc) is 3.00. The summed E-state index contributed by atoms with van der Waals surface area (Å²) < 4.78 is 67.5. The average molecular weight is 422 g/mol. The third kappa shape index (κ3) is 3.91. The molecule has 4 rings (SSSR count). The highest BCUT2D eigenvalue weighted by Crippen LogP contribution is 2.48. The first-order valence-electron chi connectivity index (χ1n) is 9.51. The molecule has 154 valence electrons. The van der Waals surface area contributed by atoms with Gasteiger partial charge in [-0.05, 0) is 73.1 Å². The number of hydrogen-bond donors (Lipinski definition) is 2. The Morgan fingerprint density at radius 3 is 2.41 bits per heavy atom. The Hall–Kier alpha value is -2.32. The van der Waals surface area contributed by atoms with Gasteiger partial charge >= 0.3 is 0 Å². The molecular weight excluding hydrogens is 401 g/mol. The van der Waals surface area contributed by atoms with Crippen LogP contribution in [-0.4, -0.2) is 25.7 Å². The van der Waals surface area contributed by atoms with E-state index in [2.05, 4.69) is 9.71 Å². The van der Waals surface area contributed by atoms with Crippen LogP contribution in [0.3, 0.4) is 0 Å². The predicted molar refractivity (Wildman–Crippen MR) is 107 cm³/mol. The standard InChI is InChI=1S/C21H21F3N2O2S/c1-2-29(27,28)25-11-12-7-14(8-12)19-17-9-16(23)10-18(24)21(17)26-20(19)13-3-5-15(22)6-4-13/h3-6,9-10,12,14,25-26H,2,7-8,11H2,1H3. The summed E-state index contributed by atoms with van der Waals surface area (Å²) in [6.07, 6.45) is 1.40. The molecule has 2 N–H and O–H groups in total. The molecule has 29 heavy (non-hydrogen) atoms. The molecule has 1 saturated carbocycles. The van der Waals surface area contributed by atoms with E-state index in [-0.39, 0.29) is 28.9 Å². The summed E-state index contributed by atoms with van der Waals surface area (Å²) in [7, 11) is -3.25. The van der Waals surface area contributed by atoms with Crippen molar-refractivity contribution in [2.24, 2.45) is 5.92 Å². The molecule has 0 radical (unpaired) electrons. The minimum atomic E-state index is -3.25. The molecule has 0 amide bonds. The summed E-state index contributed by atoms with van der Waals surface area (Å²) in [5.41, 5.74) is 2.34. The van der Waals surface area contributed by atoms with Crippen molar-refractivity contribution in [3.05, 3.63) is 59.4 Å². The Kier molecular flexibility index (Phi) is 5.16. The Labute approximate surface area is 167 Å². The summed E-state index contributed by atoms with van der Waals surface area (Å²) in [6, 6.07) is 7.99. The molecule has 1 fully saturated rings. The molecule has 1 heterocycles. The normalized spacial score (nSPS) is 19.4. The van der Waals surface area contributed by atoms with Crippen molar-refractivity contribution in [3.63, 3.8) is 0 Å². The zero-order valence-electron chi connectivity index (χ0n) is 15.8. The van der Waals surface area contributed by atoms with Crippen molar-refractivity contribution < 1.29 is 21.6 Å². The van der Waals surface area contributed by atoms with Gasteiger partial charge < -0.3 is 4.98 Å². The van der Waals surface area contributed by atoms with Gasteiger partial charge in [-0.15, -0.1) is 0 Å². The van der Waals surface area contributed by atoms with E-state index in [1.165, 1.54) is 18.2 Å². The van der Waals surface area contributed by atoms with Crippen molar-refractivity contribution in [2.75, 3.05) is 12.3 Å². The summed E-state index contributed by atoms with van der Waals surface area (Å²) in [5.74, 6) is -1.50. The Balaban J connectivity index is 1.68. The van der Waals surface area contributed by atoms with Gasteiger partial charge in [0.25, 0.3) is 0 Å². The molecule has 0 unspecified atom stereocenters. The topological polar surface area (TPSA) is 62.0 Å². The predicted octanol–water partition coefficient (Wildman–Crippen LogP) is 4.69. The minimum Gasteiger partial charge on any atom is -0.352 e. The lowest BCUT2D eigenvalue weighted by Gasteiger charge is -2.36. The molecule has 3 aromatic rings. The molecule has 0 aliphatic heterocycles. The molecule has 2 aromatic carbocycles. The maximum absolute atomic E-state index is 14.4. The van der Waals surface area contributed by atoms with Gasteiger partial charge in [-0.25, -0.2) is 26.3 Å². The van der Waals surface area contributed by atoms with Crippen LogP contribution in [0.4, 0.5) is 13.2 Å². The molecule has 0 atom stereocenters. The van der Waals surface area contributed by atoms with E-state index < -0.39 is 21.7 Å². The zero-order chi connectivity index (χ0) is 20.8. The number of halogens is 3. The van der Waals surface area contributed by atoms with Gasteiger partial charge in [-0.1, -0.05) is 0 Å². The maximum atomic E-state index is 14.4. The minimum absolute atomic E-state index is 0.0267. The van der Waals surface area contributed by atoms with E-state index in [1.807, 2.05) is 0 Å². The smallest absolute Gasteiger partial charge is 0.211 e. The number of fused-ring (bicyclic) bond motifs is 1. The second kappa shape index (κ2) is 7.50. The second-order valence-corrected chi connectivity index (χ2v) is 9.61. The first-order valence-corrected chi connectivity index (χ1v) is 11.2. The number of H-pyrrole nitrogens is 1. The number of hydrogen-bond acceptors (Lipinski definition) is 2. The van der Waals surface area contributed by atoms with Crippen LogP contribution in [0, 0.1) is 23.4 Å². The Bertz CT molecular complexity index is 1150. The van der Waals surface area contributed by atoms with Gasteiger partial charge in [0.1, 0.15) is 17.5 Å². The van der Waals surface area contributed by atoms with Crippen LogP contribution < -0.4 is 4.72 Å². The molecular formula is C21H21F3N2O2S. The van der Waals surface area contributed by atoms with Crippen molar-refractivity contribution >= 4 is 20.9 Å². The first kappa shape index (κ1) is 20.0. The lowest BCUT2D eigenvalue weighted by molar-refractivity contribution is 0.267. The lowest BCUT2D eigenvalue weighted by Crippen LogP contribution is -2.36. The van der Waals surface area contributed by atoms with Crippen molar-refractivity contribution in [3.8, 4) is 11.3 Å². The van der Waals surface area contributed by atoms with Gasteiger partial charge in [0.15, 0.2) is 0 Å². The third-order valence-electron chi connectivity index (χ3n) is 5.61. The fourth-order valence-corrected chi connectivity index (χ4v) is 4.69. The fraction of sp³-hybridized carbons (Fsp3) is 0.333. The van der Waals surface area contributed by atoms with Gasteiger partial charge in [-0.3, -0.25) is 0 Å². The van der Waals surface area contributed by atoms with Crippen molar-refractivity contribution in [1.82, 2.24) is 9.71 Å². The molecule has 0 spiro atoms. The van der Waals surface area contributed by atoms with Crippen LogP contribution in [0.2, 0.25) is 0 Å². The Morgan fingerprint density at radius 2 is 1.76 bits per heavy atom. The highest BCUT2D eigenvalue weighted by Gasteiger charge is 2.35. The number of aromatic nitrogens is 1. The van der Waals surface area contributed by atoms with Crippen molar-refractivity contribution in [2.45, 2.75) is 25.7 Å². The first-order chi connectivity index (χ1) is 13.8. The van der Waals surface area contributed by atoms with Crippen LogP contribution in [0.5, 0.6) is 0 Å². The van der Waals surface area contributed by atoms with Crippen LogP contribution >= 0.6 is 0 Å². The Morgan fingerprint density at radius 1 is 1.07 bits per heavy atom. The molecule has 1 aromatic heterocycles. The van der Waals surface area contributed by atoms with E-state index in [0.29, 0.717) is 36.0 Å². The SMILES string of the molecule is CCS(=O)(=O)NCC1CC(c2c(-c3ccc(F)cc3)[nH]c3c(F)cc(F)cc23)C1. The van der Waals surface area contributed by atoms with Gasteiger partial charge in [0.05, 0.1) is 17.0 Å². The van der Waals surface area contributed by atoms with E-state index in [4.69, 9.17) is 0 Å². The second-order valence-electron chi connectivity index (χ2n) is 7.52. The van der Waals surface area contributed by atoms with Crippen LogP contribution in [0.25, 0.3) is 22.2 Å². The summed E-state index contributed by atoms with van der Waals surface area (Å²) in [4.78, 5) is 3.05. The van der Waals surface area contributed by atoms with Gasteiger partial charge in [0, 0.05) is 18.0 Å². The summed E-state index contributed by atoms with van der Waals surface area (Å²) >= 11 is 0. The number of nitrogens with one attached hydrogen (secondary N) is 2. The summed E-state index contributed by atoms with van der Waals surface area (Å²) in [6.45, 7) is 1.93. The molecule has 0 saturated heterocycles. The monoisotopic (exact) mass is 422 g/mol. The van der Waals surface area contributed by atoms with Crippen LogP contribution in [0.15, 0.2) is 36.4 Å². The molecule has 0 bridgehead atoms. The van der Waals surface area contributed by atoms with E-state index >= 15 is 0 Å². The van der Waals surface area contributed by atoms with E-state index in [9.17, 15) is 21.6 Å². The van der Waals surface area contributed by atoms with Gasteiger partial charge in [-0.2, -0.15) is 0 Å². The largest absolute Gasteiger partial charge is 0.352 e. The molecule has 8 heteroatoms. The van der Waals surface area contributed by atoms with Gasteiger partial charge in [0.2, 0.25) is 10.0 Å². The lowest BCUT2D eigenvalue weighted by atomic mass is 9.70. The van der Waals surface area contributed by atoms with E-state index in [0.717, 1.165) is 11.6 Å². The number of sulfonamides is 1. The third-order valence-corrected chi connectivity index (χ3v) is 6.98. The zero-order valence-corrected chi connectivity index (χ0v) is 16.6.